The van der Waals surface area contributed by atoms with Crippen molar-refractivity contribution in [3.63, 3.8) is 0 Å². The number of anilines is 1. The Morgan fingerprint density at radius 2 is 2.17 bits per heavy atom. The molecular formula is C10H6BrClN4O2. The van der Waals surface area contributed by atoms with Crippen LogP contribution < -0.4 is 10.9 Å². The van der Waals surface area contributed by atoms with E-state index in [4.69, 9.17) is 11.6 Å². The first-order valence-electron chi connectivity index (χ1n) is 4.73. The lowest BCUT2D eigenvalue weighted by Gasteiger charge is -2.06. The lowest BCUT2D eigenvalue weighted by molar-refractivity contribution is 0.102. The summed E-state index contributed by atoms with van der Waals surface area (Å²) in [6.07, 6.45) is 3.75. The number of pyridine rings is 1. The molecule has 0 aliphatic heterocycles. The van der Waals surface area contributed by atoms with Gasteiger partial charge in [0.1, 0.15) is 5.69 Å². The summed E-state index contributed by atoms with van der Waals surface area (Å²) < 4.78 is 0.677. The Kier molecular flexibility index (Phi) is 3.73. The number of H-pyrrole nitrogens is 1. The topological polar surface area (TPSA) is 87.7 Å². The van der Waals surface area contributed by atoms with Crippen molar-refractivity contribution in [2.24, 2.45) is 0 Å². The standard InChI is InChI=1S/C10H6BrClN4O2/c11-5-1-6(9(12)15-2-5)16-10(18)7-3-14-8(17)4-13-7/h1-4H,(H,14,17)(H,16,18). The Bertz CT molecular complexity index is 638. The predicted molar refractivity (Wildman–Crippen MR) is 69.8 cm³/mol. The van der Waals surface area contributed by atoms with E-state index in [0.29, 0.717) is 10.2 Å². The van der Waals surface area contributed by atoms with Crippen molar-refractivity contribution in [1.82, 2.24) is 15.0 Å². The smallest absolute Gasteiger partial charge is 0.275 e. The Balaban J connectivity index is 2.23. The number of amides is 1. The second-order valence-corrected chi connectivity index (χ2v) is 4.52. The van der Waals surface area contributed by atoms with Crippen molar-refractivity contribution >= 4 is 39.1 Å². The van der Waals surface area contributed by atoms with E-state index >= 15 is 0 Å². The second-order valence-electron chi connectivity index (χ2n) is 3.24. The van der Waals surface area contributed by atoms with E-state index in [0.717, 1.165) is 6.20 Å². The largest absolute Gasteiger partial charge is 0.325 e. The number of aromatic nitrogens is 3. The Morgan fingerprint density at radius 3 is 2.83 bits per heavy atom. The molecule has 0 fully saturated rings. The fourth-order valence-electron chi connectivity index (χ4n) is 1.16. The van der Waals surface area contributed by atoms with Gasteiger partial charge in [0.05, 0.1) is 11.9 Å². The maximum Gasteiger partial charge on any atom is 0.275 e. The van der Waals surface area contributed by atoms with E-state index in [2.05, 4.69) is 36.2 Å². The maximum absolute atomic E-state index is 11.8. The number of aromatic amines is 1. The van der Waals surface area contributed by atoms with E-state index in [1.54, 1.807) is 6.07 Å². The summed E-state index contributed by atoms with van der Waals surface area (Å²) >= 11 is 9.04. The van der Waals surface area contributed by atoms with Crippen molar-refractivity contribution in [3.05, 3.63) is 50.3 Å². The molecule has 2 N–H and O–H groups in total. The van der Waals surface area contributed by atoms with Gasteiger partial charge in [-0.15, -0.1) is 0 Å². The zero-order valence-electron chi connectivity index (χ0n) is 8.78. The quantitative estimate of drug-likeness (QED) is 0.823. The monoisotopic (exact) mass is 328 g/mol. The van der Waals surface area contributed by atoms with Crippen LogP contribution in [0.3, 0.4) is 0 Å². The maximum atomic E-state index is 11.8. The van der Waals surface area contributed by atoms with Gasteiger partial charge < -0.3 is 10.3 Å². The molecule has 0 spiro atoms. The number of nitrogens with zero attached hydrogens (tertiary/aromatic N) is 2. The summed E-state index contributed by atoms with van der Waals surface area (Å²) in [5.41, 5.74) is 0.0448. The Morgan fingerprint density at radius 1 is 1.39 bits per heavy atom. The lowest BCUT2D eigenvalue weighted by Crippen LogP contribution is -2.17. The van der Waals surface area contributed by atoms with Gasteiger partial charge in [-0.3, -0.25) is 9.59 Å². The number of hydrogen-bond donors (Lipinski definition) is 2. The van der Waals surface area contributed by atoms with E-state index in [-0.39, 0.29) is 16.4 Å². The third-order valence-corrected chi connectivity index (χ3v) is 2.69. The second kappa shape index (κ2) is 5.28. The number of carbonyl (C=O) groups is 1. The van der Waals surface area contributed by atoms with Crippen LogP contribution in [0.5, 0.6) is 0 Å². The van der Waals surface area contributed by atoms with Crippen molar-refractivity contribution < 1.29 is 4.79 Å². The Hall–Kier alpha value is -1.73. The van der Waals surface area contributed by atoms with Crippen LogP contribution in [0.4, 0.5) is 5.69 Å². The molecule has 0 aliphatic carbocycles. The van der Waals surface area contributed by atoms with Crippen LogP contribution in [0, 0.1) is 0 Å². The highest BCUT2D eigenvalue weighted by atomic mass is 79.9. The molecule has 0 aliphatic rings. The normalized spacial score (nSPS) is 10.1. The van der Waals surface area contributed by atoms with Gasteiger partial charge in [-0.1, -0.05) is 11.6 Å². The first-order valence-corrected chi connectivity index (χ1v) is 5.90. The highest BCUT2D eigenvalue weighted by Crippen LogP contribution is 2.23. The summed E-state index contributed by atoms with van der Waals surface area (Å²) in [6, 6.07) is 1.61. The highest BCUT2D eigenvalue weighted by molar-refractivity contribution is 9.10. The van der Waals surface area contributed by atoms with Gasteiger partial charge in [-0.05, 0) is 22.0 Å². The first kappa shape index (κ1) is 12.7. The number of carbonyl (C=O) groups excluding carboxylic acids is 1. The van der Waals surface area contributed by atoms with Crippen molar-refractivity contribution in [2.75, 3.05) is 5.32 Å². The predicted octanol–water partition coefficient (Wildman–Crippen LogP) is 1.83. The van der Waals surface area contributed by atoms with Gasteiger partial charge in [-0.2, -0.15) is 0 Å². The molecule has 6 nitrogen and oxygen atoms in total. The molecule has 2 aromatic heterocycles. The van der Waals surface area contributed by atoms with Gasteiger partial charge in [0.15, 0.2) is 5.15 Å². The molecule has 0 unspecified atom stereocenters. The third kappa shape index (κ3) is 2.93. The Labute approximate surface area is 115 Å². The number of rotatable bonds is 2. The van der Waals surface area contributed by atoms with Crippen LogP contribution in [0.15, 0.2) is 33.9 Å². The number of halogens is 2. The molecule has 0 atom stereocenters. The average molecular weight is 330 g/mol. The van der Waals surface area contributed by atoms with E-state index in [1.165, 1.54) is 12.4 Å². The SMILES string of the molecule is O=C(Nc1cc(Br)cnc1Cl)c1c[nH]c(=O)cn1. The van der Waals surface area contributed by atoms with Crippen molar-refractivity contribution in [1.29, 1.82) is 0 Å². The van der Waals surface area contributed by atoms with Gasteiger partial charge in [0.2, 0.25) is 0 Å². The van der Waals surface area contributed by atoms with Gasteiger partial charge >= 0.3 is 0 Å². The molecule has 92 valence electrons. The minimum atomic E-state index is -0.493. The fraction of sp³-hybridized carbons (Fsp3) is 0. The highest BCUT2D eigenvalue weighted by Gasteiger charge is 2.10. The average Bonchev–Trinajstić information content (AvgIpc) is 2.34. The van der Waals surface area contributed by atoms with Gasteiger partial charge in [0, 0.05) is 16.9 Å². The van der Waals surface area contributed by atoms with Crippen molar-refractivity contribution in [3.8, 4) is 0 Å². The van der Waals surface area contributed by atoms with Crippen LogP contribution in [-0.2, 0) is 0 Å². The molecule has 2 heterocycles. The van der Waals surface area contributed by atoms with Gasteiger partial charge in [-0.25, -0.2) is 9.97 Å². The molecule has 0 aromatic carbocycles. The molecule has 2 aromatic rings. The fourth-order valence-corrected chi connectivity index (χ4v) is 1.64. The summed E-state index contributed by atoms with van der Waals surface area (Å²) in [7, 11) is 0. The summed E-state index contributed by atoms with van der Waals surface area (Å²) in [5.74, 6) is -0.493. The minimum Gasteiger partial charge on any atom is -0.325 e. The van der Waals surface area contributed by atoms with E-state index in [1.807, 2.05) is 0 Å². The minimum absolute atomic E-state index is 0.0747. The van der Waals surface area contributed by atoms with Crippen LogP contribution in [0.1, 0.15) is 10.5 Å². The molecule has 0 bridgehead atoms. The third-order valence-electron chi connectivity index (χ3n) is 1.96. The molecule has 2 rings (SSSR count). The molecule has 0 radical (unpaired) electrons. The summed E-state index contributed by atoms with van der Waals surface area (Å²) in [6.45, 7) is 0. The van der Waals surface area contributed by atoms with Crippen molar-refractivity contribution in [2.45, 2.75) is 0 Å². The summed E-state index contributed by atoms with van der Waals surface area (Å²) in [4.78, 5) is 32.5. The van der Waals surface area contributed by atoms with Crippen LogP contribution in [0.25, 0.3) is 0 Å². The van der Waals surface area contributed by atoms with Crippen LogP contribution in [0.2, 0.25) is 5.15 Å². The van der Waals surface area contributed by atoms with Crippen LogP contribution >= 0.6 is 27.5 Å². The molecule has 0 saturated carbocycles. The molecule has 1 amide bonds. The molecule has 8 heteroatoms. The number of nitrogens with one attached hydrogen (secondary N) is 2. The van der Waals surface area contributed by atoms with Crippen LogP contribution in [-0.4, -0.2) is 20.9 Å². The van der Waals surface area contributed by atoms with E-state index in [9.17, 15) is 9.59 Å². The summed E-state index contributed by atoms with van der Waals surface area (Å²) in [5, 5.41) is 2.70. The lowest BCUT2D eigenvalue weighted by atomic mass is 10.3. The zero-order chi connectivity index (χ0) is 13.1. The first-order chi connectivity index (χ1) is 8.56. The molecular weight excluding hydrogens is 323 g/mol. The number of hydrogen-bond acceptors (Lipinski definition) is 4. The van der Waals surface area contributed by atoms with E-state index < -0.39 is 5.91 Å². The van der Waals surface area contributed by atoms with Gasteiger partial charge in [0.25, 0.3) is 11.5 Å². The zero-order valence-corrected chi connectivity index (χ0v) is 11.1. The molecule has 18 heavy (non-hydrogen) atoms. The molecule has 0 saturated heterocycles.